The summed E-state index contributed by atoms with van der Waals surface area (Å²) in [6.45, 7) is 0.941. The van der Waals surface area contributed by atoms with Crippen molar-refractivity contribution in [1.82, 2.24) is 5.48 Å². The van der Waals surface area contributed by atoms with Crippen LogP contribution in [0.1, 0.15) is 25.7 Å². The Morgan fingerprint density at radius 2 is 2.00 bits per heavy atom. The van der Waals surface area contributed by atoms with Gasteiger partial charge in [0.2, 0.25) is 0 Å². The van der Waals surface area contributed by atoms with Crippen LogP contribution in [0.25, 0.3) is 0 Å². The Morgan fingerprint density at radius 3 is 2.17 bits per heavy atom. The lowest BCUT2D eigenvalue weighted by Gasteiger charge is -2.05. The lowest BCUT2D eigenvalue weighted by Crippen LogP contribution is -2.14. The van der Waals surface area contributed by atoms with Gasteiger partial charge >= 0.3 is 0 Å². The van der Waals surface area contributed by atoms with Crippen molar-refractivity contribution >= 4 is 11.8 Å². The van der Waals surface area contributed by atoms with Gasteiger partial charge in [-0.3, -0.25) is 0 Å². The standard InChI is InChI=1S/C5H10S.C4H7NO/c2*1-2-4-6-5-3-1/h1-5H2;2,4-5H,1,3H2. The molecule has 2 nitrogen and oxygen atoms in total. The molecule has 0 radical (unpaired) electrons. The Labute approximate surface area is 78.7 Å². The van der Waals surface area contributed by atoms with Crippen molar-refractivity contribution in [3.05, 3.63) is 12.3 Å². The largest absolute Gasteiger partial charge is 0.417 e. The molecule has 2 heterocycles. The quantitative estimate of drug-likeness (QED) is 0.629. The van der Waals surface area contributed by atoms with Crippen molar-refractivity contribution in [3.8, 4) is 0 Å². The van der Waals surface area contributed by atoms with Gasteiger partial charge in [-0.15, -0.1) is 0 Å². The Bertz CT molecular complexity index is 104. The molecule has 1 saturated heterocycles. The maximum absolute atomic E-state index is 4.64. The number of thioether (sulfide) groups is 1. The fourth-order valence-corrected chi connectivity index (χ4v) is 2.07. The summed E-state index contributed by atoms with van der Waals surface area (Å²) in [4.78, 5) is 4.64. The Morgan fingerprint density at radius 1 is 1.17 bits per heavy atom. The number of hydroxylamine groups is 1. The maximum atomic E-state index is 4.64. The monoisotopic (exact) mass is 187 g/mol. The molecule has 0 aromatic rings. The van der Waals surface area contributed by atoms with Crippen molar-refractivity contribution in [2.24, 2.45) is 0 Å². The molecule has 0 saturated carbocycles. The first-order valence-corrected chi connectivity index (χ1v) is 5.77. The van der Waals surface area contributed by atoms with Crippen LogP contribution in [-0.4, -0.2) is 18.1 Å². The Hall–Kier alpha value is -0.150. The highest BCUT2D eigenvalue weighted by Gasteiger charge is 1.95. The van der Waals surface area contributed by atoms with Gasteiger partial charge in [0.1, 0.15) is 6.26 Å². The van der Waals surface area contributed by atoms with Crippen LogP contribution >= 0.6 is 11.8 Å². The van der Waals surface area contributed by atoms with Crippen LogP contribution in [0.3, 0.4) is 0 Å². The lowest BCUT2D eigenvalue weighted by atomic mass is 10.3. The van der Waals surface area contributed by atoms with Gasteiger partial charge < -0.3 is 4.84 Å². The molecule has 3 heteroatoms. The molecule has 0 aromatic heterocycles. The summed E-state index contributed by atoms with van der Waals surface area (Å²) in [6, 6.07) is 0. The zero-order chi connectivity index (χ0) is 8.49. The molecular formula is C9H17NOS. The number of hydrogen-bond donors (Lipinski definition) is 1. The van der Waals surface area contributed by atoms with E-state index < -0.39 is 0 Å². The van der Waals surface area contributed by atoms with Crippen LogP contribution in [0.4, 0.5) is 0 Å². The zero-order valence-corrected chi connectivity index (χ0v) is 8.24. The second-order valence-electron chi connectivity index (χ2n) is 2.85. The molecule has 70 valence electrons. The number of nitrogens with one attached hydrogen (secondary N) is 1. The van der Waals surface area contributed by atoms with E-state index in [-0.39, 0.29) is 0 Å². The molecule has 1 N–H and O–H groups in total. The number of rotatable bonds is 0. The van der Waals surface area contributed by atoms with Gasteiger partial charge in [-0.2, -0.15) is 17.2 Å². The summed E-state index contributed by atoms with van der Waals surface area (Å²) in [5.74, 6) is 2.83. The first-order chi connectivity index (χ1) is 6.00. The van der Waals surface area contributed by atoms with Crippen LogP contribution < -0.4 is 5.48 Å². The van der Waals surface area contributed by atoms with E-state index in [1.807, 2.05) is 6.08 Å². The Balaban J connectivity index is 0.000000120. The summed E-state index contributed by atoms with van der Waals surface area (Å²) < 4.78 is 0. The predicted octanol–water partition coefficient (Wildman–Crippen LogP) is 2.33. The minimum absolute atomic E-state index is 0.941. The molecule has 2 aliphatic heterocycles. The van der Waals surface area contributed by atoms with Gasteiger partial charge in [-0.05, 0) is 36.8 Å². The van der Waals surface area contributed by atoms with Gasteiger partial charge in [0.25, 0.3) is 0 Å². The first kappa shape index (κ1) is 9.93. The van der Waals surface area contributed by atoms with Gasteiger partial charge in [-0.1, -0.05) is 6.42 Å². The van der Waals surface area contributed by atoms with Gasteiger partial charge in [-0.25, -0.2) is 0 Å². The first-order valence-electron chi connectivity index (χ1n) is 4.61. The minimum atomic E-state index is 0.941. The molecule has 0 aliphatic carbocycles. The molecular weight excluding hydrogens is 170 g/mol. The maximum Gasteiger partial charge on any atom is 0.107 e. The third kappa shape index (κ3) is 5.49. The lowest BCUT2D eigenvalue weighted by molar-refractivity contribution is 0.125. The topological polar surface area (TPSA) is 21.3 Å². The van der Waals surface area contributed by atoms with E-state index in [9.17, 15) is 0 Å². The molecule has 0 spiro atoms. The molecule has 12 heavy (non-hydrogen) atoms. The van der Waals surface area contributed by atoms with E-state index in [0.29, 0.717) is 0 Å². The molecule has 0 aromatic carbocycles. The highest BCUT2D eigenvalue weighted by atomic mass is 32.2. The molecule has 0 atom stereocenters. The third-order valence-electron chi connectivity index (χ3n) is 1.74. The fraction of sp³-hybridized carbons (Fsp3) is 0.778. The third-order valence-corrected chi connectivity index (χ3v) is 2.89. The fourth-order valence-electron chi connectivity index (χ4n) is 1.05. The average Bonchev–Trinajstić information content (AvgIpc) is 2.24. The molecule has 2 rings (SSSR count). The summed E-state index contributed by atoms with van der Waals surface area (Å²) in [5, 5.41) is 0. The van der Waals surface area contributed by atoms with Crippen LogP contribution in [0.15, 0.2) is 12.3 Å². The Kier molecular flexibility index (Phi) is 6.21. The summed E-state index contributed by atoms with van der Waals surface area (Å²) in [7, 11) is 0. The van der Waals surface area contributed by atoms with Crippen LogP contribution in [0, 0.1) is 0 Å². The van der Waals surface area contributed by atoms with E-state index in [1.165, 1.54) is 30.8 Å². The van der Waals surface area contributed by atoms with E-state index in [0.717, 1.165) is 13.0 Å². The van der Waals surface area contributed by atoms with Crippen molar-refractivity contribution in [2.75, 3.05) is 18.1 Å². The second-order valence-corrected chi connectivity index (χ2v) is 4.07. The molecule has 2 aliphatic rings. The molecule has 1 fully saturated rings. The van der Waals surface area contributed by atoms with Crippen molar-refractivity contribution < 1.29 is 4.84 Å². The summed E-state index contributed by atoms with van der Waals surface area (Å²) in [5.41, 5.74) is 2.70. The highest BCUT2D eigenvalue weighted by Crippen LogP contribution is 2.14. The van der Waals surface area contributed by atoms with Gasteiger partial charge in [0.05, 0.1) is 0 Å². The van der Waals surface area contributed by atoms with Crippen molar-refractivity contribution in [2.45, 2.75) is 25.7 Å². The van der Waals surface area contributed by atoms with Crippen LogP contribution in [-0.2, 0) is 4.84 Å². The number of hydrogen-bond acceptors (Lipinski definition) is 3. The van der Waals surface area contributed by atoms with Crippen molar-refractivity contribution in [1.29, 1.82) is 0 Å². The smallest absolute Gasteiger partial charge is 0.107 e. The van der Waals surface area contributed by atoms with E-state index in [2.05, 4.69) is 22.1 Å². The second kappa shape index (κ2) is 7.50. The van der Waals surface area contributed by atoms with E-state index >= 15 is 0 Å². The predicted molar refractivity (Wildman–Crippen MR) is 54.0 cm³/mol. The van der Waals surface area contributed by atoms with Gasteiger partial charge in [0, 0.05) is 6.54 Å². The highest BCUT2D eigenvalue weighted by molar-refractivity contribution is 7.99. The normalized spacial score (nSPS) is 22.0. The molecule has 0 bridgehead atoms. The zero-order valence-electron chi connectivity index (χ0n) is 7.42. The van der Waals surface area contributed by atoms with E-state index in [4.69, 9.17) is 0 Å². The van der Waals surface area contributed by atoms with Crippen molar-refractivity contribution in [3.63, 3.8) is 0 Å². The summed E-state index contributed by atoms with van der Waals surface area (Å²) in [6.07, 6.45) is 9.13. The molecule has 0 amide bonds. The van der Waals surface area contributed by atoms with Gasteiger partial charge in [0.15, 0.2) is 0 Å². The minimum Gasteiger partial charge on any atom is -0.417 e. The van der Waals surface area contributed by atoms with Crippen LogP contribution in [0.5, 0.6) is 0 Å². The van der Waals surface area contributed by atoms with Crippen LogP contribution in [0.2, 0.25) is 0 Å². The average molecular weight is 187 g/mol. The summed E-state index contributed by atoms with van der Waals surface area (Å²) >= 11 is 2.09. The molecule has 0 unspecified atom stereocenters. The van der Waals surface area contributed by atoms with E-state index in [1.54, 1.807) is 6.26 Å². The SMILES string of the molecule is C1=CONCC1.C1CCSCC1.